The number of nitro groups is 2. The summed E-state index contributed by atoms with van der Waals surface area (Å²) in [6, 6.07) is 4.54. The first-order valence-electron chi connectivity index (χ1n) is 7.75. The van der Waals surface area contributed by atoms with E-state index in [0.29, 0.717) is 5.56 Å². The van der Waals surface area contributed by atoms with E-state index in [4.69, 9.17) is 0 Å². The predicted octanol–water partition coefficient (Wildman–Crippen LogP) is 2.41. The average Bonchev–Trinajstić information content (AvgIpc) is 2.45. The molecule has 0 radical (unpaired) electrons. The minimum absolute atomic E-state index is 0.0410. The fraction of sp³-hybridized carbons (Fsp3) is 0.625. The van der Waals surface area contributed by atoms with E-state index in [9.17, 15) is 25.3 Å². The molecule has 1 aromatic carbocycles. The fourth-order valence-electron chi connectivity index (χ4n) is 3.67. The first kappa shape index (κ1) is 17.3. The molecule has 1 fully saturated rings. The van der Waals surface area contributed by atoms with Gasteiger partial charge in [-0.1, -0.05) is 43.7 Å². The zero-order chi connectivity index (χ0) is 17.3. The van der Waals surface area contributed by atoms with Gasteiger partial charge in [-0.25, -0.2) is 0 Å². The molecule has 126 valence electrons. The molecule has 1 saturated carbocycles. The fourth-order valence-corrected chi connectivity index (χ4v) is 3.67. The normalized spacial score (nSPS) is 31.1. The lowest BCUT2D eigenvalue weighted by Gasteiger charge is -2.38. The summed E-state index contributed by atoms with van der Waals surface area (Å²) in [6.07, 6.45) is -1.10. The summed E-state index contributed by atoms with van der Waals surface area (Å²) in [6.45, 7) is 5.59. The molecule has 7 nitrogen and oxygen atoms in total. The van der Waals surface area contributed by atoms with Gasteiger partial charge in [-0.2, -0.15) is 0 Å². The Kier molecular flexibility index (Phi) is 4.99. The van der Waals surface area contributed by atoms with Gasteiger partial charge in [0.15, 0.2) is 0 Å². The Morgan fingerprint density at radius 2 is 1.61 bits per heavy atom. The van der Waals surface area contributed by atoms with E-state index in [0.717, 1.165) is 5.56 Å². The van der Waals surface area contributed by atoms with Crippen LogP contribution < -0.4 is 0 Å². The lowest BCUT2D eigenvalue weighted by Crippen LogP contribution is -2.55. The van der Waals surface area contributed by atoms with E-state index >= 15 is 0 Å². The second-order valence-electron chi connectivity index (χ2n) is 6.70. The maximum atomic E-state index is 11.7. The Morgan fingerprint density at radius 1 is 1.09 bits per heavy atom. The van der Waals surface area contributed by atoms with Crippen LogP contribution >= 0.6 is 0 Å². The minimum atomic E-state index is -1.36. The summed E-state index contributed by atoms with van der Waals surface area (Å²) in [4.78, 5) is 22.2. The SMILES string of the molecule is Cc1ccc([C@H]2[C@H]([N+](=O)[O-])[C@H](O)C[C@@H](C(C)C)[C@H]2[N+](=O)[O-])cc1. The number of rotatable bonds is 4. The van der Waals surface area contributed by atoms with Crippen LogP contribution in [0, 0.1) is 39.0 Å². The highest BCUT2D eigenvalue weighted by Crippen LogP contribution is 2.42. The molecule has 0 amide bonds. The van der Waals surface area contributed by atoms with Crippen LogP contribution in [0.25, 0.3) is 0 Å². The number of benzene rings is 1. The summed E-state index contributed by atoms with van der Waals surface area (Å²) in [5, 5.41) is 33.5. The largest absolute Gasteiger partial charge is 0.386 e. The van der Waals surface area contributed by atoms with Crippen LogP contribution in [0.1, 0.15) is 37.3 Å². The number of aryl methyl sites for hydroxylation is 1. The van der Waals surface area contributed by atoms with E-state index < -0.39 is 39.9 Å². The minimum Gasteiger partial charge on any atom is -0.386 e. The highest BCUT2D eigenvalue weighted by atomic mass is 16.6. The summed E-state index contributed by atoms with van der Waals surface area (Å²) < 4.78 is 0. The van der Waals surface area contributed by atoms with Crippen molar-refractivity contribution < 1.29 is 15.0 Å². The van der Waals surface area contributed by atoms with Gasteiger partial charge in [-0.3, -0.25) is 20.2 Å². The first-order valence-corrected chi connectivity index (χ1v) is 7.75. The quantitative estimate of drug-likeness (QED) is 0.676. The van der Waals surface area contributed by atoms with Gasteiger partial charge in [-0.15, -0.1) is 0 Å². The molecule has 23 heavy (non-hydrogen) atoms. The van der Waals surface area contributed by atoms with Gasteiger partial charge < -0.3 is 5.11 Å². The van der Waals surface area contributed by atoms with E-state index in [1.54, 1.807) is 24.3 Å². The van der Waals surface area contributed by atoms with Crippen LogP contribution in [0.3, 0.4) is 0 Å². The van der Waals surface area contributed by atoms with Crippen LogP contribution in [0.2, 0.25) is 0 Å². The number of aliphatic hydroxyl groups is 1. The summed E-state index contributed by atoms with van der Waals surface area (Å²) in [5.41, 5.74) is 1.52. The smallest absolute Gasteiger partial charge is 0.251 e. The Morgan fingerprint density at radius 3 is 2.04 bits per heavy atom. The zero-order valence-corrected chi connectivity index (χ0v) is 13.5. The van der Waals surface area contributed by atoms with Gasteiger partial charge in [0.05, 0.1) is 0 Å². The third-order valence-corrected chi connectivity index (χ3v) is 4.89. The topological polar surface area (TPSA) is 107 Å². The first-order chi connectivity index (χ1) is 10.7. The Balaban J connectivity index is 2.56. The standard InChI is InChI=1S/C16H22N2O5/c1-9(2)12-8-13(19)16(18(22)23)14(15(12)17(20)21)11-6-4-10(3)5-7-11/h4-7,9,12-16,19H,8H2,1-3H3/t12-,13+,14+,15+,16+/m0/s1. The van der Waals surface area contributed by atoms with Crippen LogP contribution in [0.4, 0.5) is 0 Å². The van der Waals surface area contributed by atoms with Crippen LogP contribution in [-0.4, -0.2) is 33.1 Å². The van der Waals surface area contributed by atoms with Gasteiger partial charge >= 0.3 is 0 Å². The molecule has 0 bridgehead atoms. The molecule has 0 heterocycles. The highest BCUT2D eigenvalue weighted by molar-refractivity contribution is 5.28. The second kappa shape index (κ2) is 6.62. The van der Waals surface area contributed by atoms with Gasteiger partial charge in [-0.05, 0) is 24.8 Å². The predicted molar refractivity (Wildman–Crippen MR) is 84.4 cm³/mol. The Hall–Kier alpha value is -2.02. The molecule has 0 saturated heterocycles. The number of nitrogens with zero attached hydrogens (tertiary/aromatic N) is 2. The van der Waals surface area contributed by atoms with Crippen LogP contribution in [0.5, 0.6) is 0 Å². The number of aliphatic hydroxyl groups excluding tert-OH is 1. The molecule has 1 N–H and O–H groups in total. The van der Waals surface area contributed by atoms with Gasteiger partial charge in [0, 0.05) is 15.8 Å². The molecule has 0 spiro atoms. The highest BCUT2D eigenvalue weighted by Gasteiger charge is 2.57. The maximum Gasteiger partial charge on any atom is 0.251 e. The Bertz CT molecular complexity index is 587. The molecule has 7 heteroatoms. The third-order valence-electron chi connectivity index (χ3n) is 4.89. The van der Waals surface area contributed by atoms with E-state index in [-0.39, 0.29) is 12.3 Å². The lowest BCUT2D eigenvalue weighted by molar-refractivity contribution is -0.589. The molecule has 5 atom stereocenters. The van der Waals surface area contributed by atoms with Gasteiger partial charge in [0.2, 0.25) is 6.04 Å². The van der Waals surface area contributed by atoms with Crippen molar-refractivity contribution in [3.8, 4) is 0 Å². The monoisotopic (exact) mass is 322 g/mol. The van der Waals surface area contributed by atoms with E-state index in [2.05, 4.69) is 0 Å². The van der Waals surface area contributed by atoms with Crippen molar-refractivity contribution in [3.63, 3.8) is 0 Å². The van der Waals surface area contributed by atoms with Crippen molar-refractivity contribution in [1.29, 1.82) is 0 Å². The second-order valence-corrected chi connectivity index (χ2v) is 6.70. The molecule has 0 aromatic heterocycles. The van der Waals surface area contributed by atoms with Crippen molar-refractivity contribution in [2.45, 2.75) is 51.3 Å². The summed E-state index contributed by atoms with van der Waals surface area (Å²) in [5.74, 6) is -1.38. The summed E-state index contributed by atoms with van der Waals surface area (Å²) >= 11 is 0. The Labute approximate surface area is 134 Å². The average molecular weight is 322 g/mol. The number of hydrogen-bond acceptors (Lipinski definition) is 5. The van der Waals surface area contributed by atoms with Crippen molar-refractivity contribution in [3.05, 3.63) is 55.6 Å². The molecular formula is C16H22N2O5. The molecular weight excluding hydrogens is 300 g/mol. The molecule has 1 aromatic rings. The zero-order valence-electron chi connectivity index (χ0n) is 13.5. The van der Waals surface area contributed by atoms with E-state index in [1.807, 2.05) is 20.8 Å². The molecule has 2 rings (SSSR count). The lowest BCUT2D eigenvalue weighted by atomic mass is 9.66. The molecule has 0 aliphatic heterocycles. The van der Waals surface area contributed by atoms with Crippen molar-refractivity contribution >= 4 is 0 Å². The van der Waals surface area contributed by atoms with Crippen molar-refractivity contribution in [2.24, 2.45) is 11.8 Å². The third kappa shape index (κ3) is 3.34. The maximum absolute atomic E-state index is 11.7. The van der Waals surface area contributed by atoms with Gasteiger partial charge in [0.25, 0.3) is 6.04 Å². The van der Waals surface area contributed by atoms with Crippen LogP contribution in [-0.2, 0) is 0 Å². The molecule has 1 aliphatic rings. The van der Waals surface area contributed by atoms with Crippen LogP contribution in [0.15, 0.2) is 24.3 Å². The summed E-state index contributed by atoms with van der Waals surface area (Å²) in [7, 11) is 0. The van der Waals surface area contributed by atoms with Gasteiger partial charge in [0.1, 0.15) is 12.0 Å². The molecule has 1 aliphatic carbocycles. The molecule has 0 unspecified atom stereocenters. The van der Waals surface area contributed by atoms with E-state index in [1.165, 1.54) is 0 Å². The number of hydrogen-bond donors (Lipinski definition) is 1. The van der Waals surface area contributed by atoms with Crippen molar-refractivity contribution in [2.75, 3.05) is 0 Å². The van der Waals surface area contributed by atoms with Crippen molar-refractivity contribution in [1.82, 2.24) is 0 Å².